The second kappa shape index (κ2) is 6.04. The summed E-state index contributed by atoms with van der Waals surface area (Å²) in [5.74, 6) is 0.916. The Morgan fingerprint density at radius 1 is 1.29 bits per heavy atom. The maximum absolute atomic E-state index is 5.56. The highest BCUT2D eigenvalue weighted by molar-refractivity contribution is 9.10. The molecule has 1 aromatic carbocycles. The highest BCUT2D eigenvalue weighted by Crippen LogP contribution is 2.22. The van der Waals surface area contributed by atoms with Crippen LogP contribution < -0.4 is 4.74 Å². The highest BCUT2D eigenvalue weighted by atomic mass is 79.9. The third kappa shape index (κ3) is 3.68. The Morgan fingerprint density at radius 3 is 2.79 bits per heavy atom. The molecule has 3 heteroatoms. The van der Waals surface area contributed by atoms with Crippen molar-refractivity contribution in [2.24, 2.45) is 0 Å². The van der Waals surface area contributed by atoms with E-state index in [4.69, 9.17) is 9.47 Å². The van der Waals surface area contributed by atoms with Gasteiger partial charge in [0.25, 0.3) is 0 Å². The zero-order chi connectivity index (χ0) is 10.4. The molecule has 0 aromatic heterocycles. The quantitative estimate of drug-likeness (QED) is 0.756. The Morgan fingerprint density at radius 2 is 2.07 bits per heavy atom. The van der Waals surface area contributed by atoms with E-state index in [1.54, 1.807) is 0 Å². The Labute approximate surface area is 93.4 Å². The summed E-state index contributed by atoms with van der Waals surface area (Å²) in [5.41, 5.74) is 1.14. The standard InChI is InChI=1S/C11H15BrO2/c1-3-13-6-7-14-11-8-10(12)5-4-9(11)2/h4-5,8H,3,6-7H2,1-2H3. The number of halogens is 1. The first-order valence-electron chi connectivity index (χ1n) is 4.70. The van der Waals surface area contributed by atoms with Gasteiger partial charge in [0.2, 0.25) is 0 Å². The average Bonchev–Trinajstić information content (AvgIpc) is 2.18. The van der Waals surface area contributed by atoms with E-state index >= 15 is 0 Å². The number of hydrogen-bond donors (Lipinski definition) is 0. The zero-order valence-corrected chi connectivity index (χ0v) is 10.1. The van der Waals surface area contributed by atoms with Crippen molar-refractivity contribution < 1.29 is 9.47 Å². The molecule has 0 spiro atoms. The number of benzene rings is 1. The molecule has 0 fully saturated rings. The molecule has 2 nitrogen and oxygen atoms in total. The van der Waals surface area contributed by atoms with Crippen LogP contribution in [-0.2, 0) is 4.74 Å². The molecular formula is C11H15BrO2. The van der Waals surface area contributed by atoms with Gasteiger partial charge in [0.15, 0.2) is 0 Å². The van der Waals surface area contributed by atoms with E-state index in [0.29, 0.717) is 13.2 Å². The second-order valence-corrected chi connectivity index (χ2v) is 3.87. The lowest BCUT2D eigenvalue weighted by molar-refractivity contribution is 0.110. The van der Waals surface area contributed by atoms with E-state index in [-0.39, 0.29) is 0 Å². The third-order valence-electron chi connectivity index (χ3n) is 1.84. The largest absolute Gasteiger partial charge is 0.491 e. The van der Waals surface area contributed by atoms with Crippen LogP contribution in [0.1, 0.15) is 12.5 Å². The molecule has 0 unspecified atom stereocenters. The van der Waals surface area contributed by atoms with E-state index < -0.39 is 0 Å². The summed E-state index contributed by atoms with van der Waals surface area (Å²) in [6.07, 6.45) is 0. The second-order valence-electron chi connectivity index (χ2n) is 2.96. The maximum atomic E-state index is 5.56. The predicted octanol–water partition coefficient (Wildman–Crippen LogP) is 3.17. The van der Waals surface area contributed by atoms with Crippen molar-refractivity contribution in [3.63, 3.8) is 0 Å². The van der Waals surface area contributed by atoms with Gasteiger partial charge in [-0.25, -0.2) is 0 Å². The van der Waals surface area contributed by atoms with Crippen molar-refractivity contribution in [2.75, 3.05) is 19.8 Å². The van der Waals surface area contributed by atoms with E-state index in [2.05, 4.69) is 15.9 Å². The third-order valence-corrected chi connectivity index (χ3v) is 2.33. The summed E-state index contributed by atoms with van der Waals surface area (Å²) in [6.45, 7) is 5.99. The Bertz CT molecular complexity index is 287. The molecule has 0 radical (unpaired) electrons. The minimum Gasteiger partial charge on any atom is -0.491 e. The van der Waals surface area contributed by atoms with E-state index in [9.17, 15) is 0 Å². The first-order valence-corrected chi connectivity index (χ1v) is 5.50. The molecule has 0 N–H and O–H groups in total. The summed E-state index contributed by atoms with van der Waals surface area (Å²) < 4.78 is 11.8. The molecule has 78 valence electrons. The normalized spacial score (nSPS) is 10.2. The molecule has 1 rings (SSSR count). The van der Waals surface area contributed by atoms with Crippen LogP contribution in [0.3, 0.4) is 0 Å². The number of hydrogen-bond acceptors (Lipinski definition) is 2. The van der Waals surface area contributed by atoms with Gasteiger partial charge in [0.1, 0.15) is 12.4 Å². The van der Waals surface area contributed by atoms with Crippen molar-refractivity contribution in [2.45, 2.75) is 13.8 Å². The van der Waals surface area contributed by atoms with E-state index in [1.807, 2.05) is 32.0 Å². The monoisotopic (exact) mass is 258 g/mol. The van der Waals surface area contributed by atoms with Crippen molar-refractivity contribution in [3.8, 4) is 5.75 Å². The van der Waals surface area contributed by atoms with Crippen LogP contribution in [0.4, 0.5) is 0 Å². The lowest BCUT2D eigenvalue weighted by Gasteiger charge is -2.09. The summed E-state index contributed by atoms with van der Waals surface area (Å²) >= 11 is 3.41. The fourth-order valence-electron chi connectivity index (χ4n) is 1.08. The van der Waals surface area contributed by atoms with Crippen molar-refractivity contribution in [1.82, 2.24) is 0 Å². The summed E-state index contributed by atoms with van der Waals surface area (Å²) in [6, 6.07) is 6.01. The molecular weight excluding hydrogens is 244 g/mol. The molecule has 14 heavy (non-hydrogen) atoms. The van der Waals surface area contributed by atoms with Crippen LogP contribution in [-0.4, -0.2) is 19.8 Å². The zero-order valence-electron chi connectivity index (χ0n) is 8.55. The smallest absolute Gasteiger partial charge is 0.123 e. The molecule has 0 heterocycles. The summed E-state index contributed by atoms with van der Waals surface area (Å²) in [5, 5.41) is 0. The van der Waals surface area contributed by atoms with Gasteiger partial charge in [-0.2, -0.15) is 0 Å². The van der Waals surface area contributed by atoms with Crippen molar-refractivity contribution in [1.29, 1.82) is 0 Å². The van der Waals surface area contributed by atoms with Gasteiger partial charge in [0.05, 0.1) is 6.61 Å². The minimum atomic E-state index is 0.602. The Balaban J connectivity index is 2.45. The van der Waals surface area contributed by atoms with Gasteiger partial charge >= 0.3 is 0 Å². The van der Waals surface area contributed by atoms with Gasteiger partial charge in [-0.3, -0.25) is 0 Å². The molecule has 0 aliphatic carbocycles. The minimum absolute atomic E-state index is 0.602. The van der Waals surface area contributed by atoms with Crippen LogP contribution in [0.15, 0.2) is 22.7 Å². The van der Waals surface area contributed by atoms with Crippen LogP contribution >= 0.6 is 15.9 Å². The summed E-state index contributed by atoms with van der Waals surface area (Å²) in [7, 11) is 0. The van der Waals surface area contributed by atoms with Gasteiger partial charge in [-0.1, -0.05) is 22.0 Å². The first-order chi connectivity index (χ1) is 6.74. The average molecular weight is 259 g/mol. The van der Waals surface area contributed by atoms with Gasteiger partial charge in [-0.05, 0) is 31.5 Å². The molecule has 0 saturated heterocycles. The fourth-order valence-corrected chi connectivity index (χ4v) is 1.42. The number of rotatable bonds is 5. The summed E-state index contributed by atoms with van der Waals surface area (Å²) in [4.78, 5) is 0. The van der Waals surface area contributed by atoms with Crippen LogP contribution in [0.5, 0.6) is 5.75 Å². The Hall–Kier alpha value is -0.540. The Kier molecular flexibility index (Phi) is 4.98. The van der Waals surface area contributed by atoms with Gasteiger partial charge in [0, 0.05) is 11.1 Å². The molecule has 0 aliphatic heterocycles. The van der Waals surface area contributed by atoms with E-state index in [0.717, 1.165) is 22.4 Å². The lowest BCUT2D eigenvalue weighted by atomic mass is 10.2. The maximum Gasteiger partial charge on any atom is 0.123 e. The SMILES string of the molecule is CCOCCOc1cc(Br)ccc1C. The van der Waals surface area contributed by atoms with E-state index in [1.165, 1.54) is 0 Å². The van der Waals surface area contributed by atoms with Gasteiger partial charge < -0.3 is 9.47 Å². The molecule has 1 aromatic rings. The number of ether oxygens (including phenoxy) is 2. The van der Waals surface area contributed by atoms with Gasteiger partial charge in [-0.15, -0.1) is 0 Å². The molecule has 0 bridgehead atoms. The van der Waals surface area contributed by atoms with Crippen LogP contribution in [0.2, 0.25) is 0 Å². The lowest BCUT2D eigenvalue weighted by Crippen LogP contribution is -2.06. The predicted molar refractivity (Wildman–Crippen MR) is 60.9 cm³/mol. The number of aryl methyl sites for hydroxylation is 1. The first kappa shape index (κ1) is 11.5. The highest BCUT2D eigenvalue weighted by Gasteiger charge is 1.99. The van der Waals surface area contributed by atoms with Crippen LogP contribution in [0, 0.1) is 6.92 Å². The fraction of sp³-hybridized carbons (Fsp3) is 0.455. The van der Waals surface area contributed by atoms with Crippen molar-refractivity contribution in [3.05, 3.63) is 28.2 Å². The van der Waals surface area contributed by atoms with Crippen LogP contribution in [0.25, 0.3) is 0 Å². The molecule has 0 saturated carbocycles. The molecule has 0 aliphatic rings. The molecule has 0 atom stereocenters. The van der Waals surface area contributed by atoms with Crippen molar-refractivity contribution >= 4 is 15.9 Å². The topological polar surface area (TPSA) is 18.5 Å². The molecule has 0 amide bonds.